The van der Waals surface area contributed by atoms with Crippen LogP contribution in [0.1, 0.15) is 52.5 Å². The lowest BCUT2D eigenvalue weighted by atomic mass is 9.87. The van der Waals surface area contributed by atoms with E-state index in [0.29, 0.717) is 6.04 Å². The molecule has 1 atom stereocenters. The number of nitrogens with zero attached hydrogens (tertiary/aromatic N) is 1. The number of likely N-dealkylation sites (tertiary alicyclic amines) is 1. The van der Waals surface area contributed by atoms with Crippen LogP contribution >= 0.6 is 0 Å². The van der Waals surface area contributed by atoms with Crippen LogP contribution < -0.4 is 5.32 Å². The highest BCUT2D eigenvalue weighted by Crippen LogP contribution is 2.24. The first kappa shape index (κ1) is 14.9. The fraction of sp³-hybridized carbons (Fsp3) is 0.588. The number of hydrogen-bond donors (Lipinski definition) is 1. The Morgan fingerprint density at radius 2 is 1.85 bits per heavy atom. The highest BCUT2D eigenvalue weighted by Gasteiger charge is 2.23. The predicted octanol–water partition coefficient (Wildman–Crippen LogP) is 4.39. The second-order valence-electron chi connectivity index (χ2n) is 6.80. The quantitative estimate of drug-likeness (QED) is 0.809. The van der Waals surface area contributed by atoms with Crippen LogP contribution in [0, 0.1) is 0 Å². The molecule has 1 aliphatic heterocycles. The molecule has 3 nitrogen and oxygen atoms in total. The molecule has 0 spiro atoms. The van der Waals surface area contributed by atoms with Gasteiger partial charge >= 0.3 is 6.03 Å². The van der Waals surface area contributed by atoms with Crippen molar-refractivity contribution in [2.24, 2.45) is 0 Å². The minimum atomic E-state index is 0.0284. The normalized spacial score (nSPS) is 19.8. The number of benzene rings is 1. The average Bonchev–Trinajstić information content (AvgIpc) is 2.38. The first-order chi connectivity index (χ1) is 9.38. The van der Waals surface area contributed by atoms with E-state index in [1.165, 1.54) is 12.0 Å². The van der Waals surface area contributed by atoms with Crippen molar-refractivity contribution in [1.82, 2.24) is 4.90 Å². The van der Waals surface area contributed by atoms with Crippen LogP contribution in [0.15, 0.2) is 24.3 Å². The van der Waals surface area contributed by atoms with Crippen LogP contribution in [-0.2, 0) is 5.41 Å². The van der Waals surface area contributed by atoms with Crippen LogP contribution in [0.2, 0.25) is 0 Å². The summed E-state index contributed by atoms with van der Waals surface area (Å²) in [5.41, 5.74) is 2.30. The molecule has 2 amide bonds. The maximum atomic E-state index is 12.3. The molecular weight excluding hydrogens is 248 g/mol. The Morgan fingerprint density at radius 3 is 2.40 bits per heavy atom. The molecule has 1 saturated heterocycles. The molecule has 3 heteroatoms. The van der Waals surface area contributed by atoms with Gasteiger partial charge in [-0.1, -0.05) is 32.9 Å². The van der Waals surface area contributed by atoms with Gasteiger partial charge in [0.1, 0.15) is 0 Å². The Bertz CT molecular complexity index is 459. The number of anilines is 1. The summed E-state index contributed by atoms with van der Waals surface area (Å²) in [7, 11) is 0. The molecule has 1 unspecified atom stereocenters. The zero-order valence-electron chi connectivity index (χ0n) is 13.1. The predicted molar refractivity (Wildman–Crippen MR) is 84.2 cm³/mol. The van der Waals surface area contributed by atoms with Gasteiger partial charge in [0.25, 0.3) is 0 Å². The number of nitrogens with one attached hydrogen (secondary N) is 1. The van der Waals surface area contributed by atoms with Gasteiger partial charge in [0, 0.05) is 18.3 Å². The minimum absolute atomic E-state index is 0.0284. The number of piperidine rings is 1. The number of rotatable bonds is 1. The second-order valence-corrected chi connectivity index (χ2v) is 6.80. The fourth-order valence-corrected chi connectivity index (χ4v) is 2.65. The monoisotopic (exact) mass is 274 g/mol. The van der Waals surface area contributed by atoms with Gasteiger partial charge in [0.15, 0.2) is 0 Å². The van der Waals surface area contributed by atoms with Crippen LogP contribution in [0.3, 0.4) is 0 Å². The van der Waals surface area contributed by atoms with E-state index in [0.717, 1.165) is 25.1 Å². The first-order valence-electron chi connectivity index (χ1n) is 7.56. The van der Waals surface area contributed by atoms with Crippen LogP contribution in [-0.4, -0.2) is 23.5 Å². The van der Waals surface area contributed by atoms with Crippen molar-refractivity contribution in [2.75, 3.05) is 11.9 Å². The van der Waals surface area contributed by atoms with E-state index >= 15 is 0 Å². The van der Waals surface area contributed by atoms with Crippen molar-refractivity contribution >= 4 is 11.7 Å². The van der Waals surface area contributed by atoms with Crippen LogP contribution in [0.4, 0.5) is 10.5 Å². The summed E-state index contributed by atoms with van der Waals surface area (Å²) in [6.45, 7) is 9.57. The van der Waals surface area contributed by atoms with E-state index in [4.69, 9.17) is 0 Å². The summed E-state index contributed by atoms with van der Waals surface area (Å²) >= 11 is 0. The number of carbonyl (C=O) groups excluding carboxylic acids is 1. The highest BCUT2D eigenvalue weighted by molar-refractivity contribution is 5.89. The lowest BCUT2D eigenvalue weighted by Gasteiger charge is -2.33. The summed E-state index contributed by atoms with van der Waals surface area (Å²) in [5, 5.41) is 3.01. The van der Waals surface area contributed by atoms with Gasteiger partial charge in [-0.2, -0.15) is 0 Å². The lowest BCUT2D eigenvalue weighted by Crippen LogP contribution is -2.44. The van der Waals surface area contributed by atoms with E-state index in [2.05, 4.69) is 45.1 Å². The Labute approximate surface area is 122 Å². The van der Waals surface area contributed by atoms with Crippen LogP contribution in [0.25, 0.3) is 0 Å². The molecule has 1 fully saturated rings. The zero-order chi connectivity index (χ0) is 14.8. The molecule has 1 aliphatic rings. The average molecular weight is 274 g/mol. The first-order valence-corrected chi connectivity index (χ1v) is 7.56. The molecule has 1 aromatic carbocycles. The van der Waals surface area contributed by atoms with Crippen molar-refractivity contribution in [3.8, 4) is 0 Å². The van der Waals surface area contributed by atoms with E-state index in [-0.39, 0.29) is 11.4 Å². The van der Waals surface area contributed by atoms with Gasteiger partial charge in [0.05, 0.1) is 0 Å². The molecule has 110 valence electrons. The number of carbonyl (C=O) groups is 1. The standard InChI is InChI=1S/C17H26N2O/c1-13-7-5-6-12-19(13)16(20)18-15-10-8-14(9-11-15)17(2,3)4/h8-11,13H,5-7,12H2,1-4H3,(H,18,20). The fourth-order valence-electron chi connectivity index (χ4n) is 2.65. The molecule has 2 rings (SSSR count). The number of hydrogen-bond acceptors (Lipinski definition) is 1. The molecule has 0 saturated carbocycles. The smallest absolute Gasteiger partial charge is 0.322 e. The van der Waals surface area contributed by atoms with Crippen molar-refractivity contribution in [2.45, 2.75) is 58.4 Å². The molecule has 1 aromatic rings. The van der Waals surface area contributed by atoms with Gasteiger partial charge in [-0.25, -0.2) is 4.79 Å². The van der Waals surface area contributed by atoms with Crippen molar-refractivity contribution < 1.29 is 4.79 Å². The van der Waals surface area contributed by atoms with E-state index in [1.807, 2.05) is 17.0 Å². The molecule has 0 aromatic heterocycles. The third kappa shape index (κ3) is 3.53. The van der Waals surface area contributed by atoms with Crippen LogP contribution in [0.5, 0.6) is 0 Å². The highest BCUT2D eigenvalue weighted by atomic mass is 16.2. The van der Waals surface area contributed by atoms with E-state index in [1.54, 1.807) is 0 Å². The summed E-state index contributed by atoms with van der Waals surface area (Å²) in [6.07, 6.45) is 3.45. The van der Waals surface area contributed by atoms with Crippen molar-refractivity contribution in [1.29, 1.82) is 0 Å². The van der Waals surface area contributed by atoms with Gasteiger partial charge in [-0.05, 0) is 49.3 Å². The van der Waals surface area contributed by atoms with Gasteiger partial charge in [-0.3, -0.25) is 0 Å². The van der Waals surface area contributed by atoms with Gasteiger partial charge in [-0.15, -0.1) is 0 Å². The molecular formula is C17H26N2O. The molecule has 1 N–H and O–H groups in total. The number of urea groups is 1. The maximum absolute atomic E-state index is 12.3. The molecule has 20 heavy (non-hydrogen) atoms. The van der Waals surface area contributed by atoms with Gasteiger partial charge < -0.3 is 10.2 Å². The van der Waals surface area contributed by atoms with E-state index < -0.39 is 0 Å². The SMILES string of the molecule is CC1CCCCN1C(=O)Nc1ccc(C(C)(C)C)cc1. The van der Waals surface area contributed by atoms with Gasteiger partial charge in [0.2, 0.25) is 0 Å². The summed E-state index contributed by atoms with van der Waals surface area (Å²) in [4.78, 5) is 14.2. The Kier molecular flexibility index (Phi) is 4.36. The van der Waals surface area contributed by atoms with Crippen molar-refractivity contribution in [3.05, 3.63) is 29.8 Å². The summed E-state index contributed by atoms with van der Waals surface area (Å²) in [6, 6.07) is 8.54. The molecule has 0 aliphatic carbocycles. The van der Waals surface area contributed by atoms with E-state index in [9.17, 15) is 4.79 Å². The third-order valence-electron chi connectivity index (χ3n) is 4.07. The summed E-state index contributed by atoms with van der Waals surface area (Å²) in [5.74, 6) is 0. The largest absolute Gasteiger partial charge is 0.322 e. The molecule has 0 bridgehead atoms. The molecule has 0 radical (unpaired) electrons. The number of amides is 2. The topological polar surface area (TPSA) is 32.3 Å². The maximum Gasteiger partial charge on any atom is 0.322 e. The Morgan fingerprint density at radius 1 is 1.20 bits per heavy atom. The summed E-state index contributed by atoms with van der Waals surface area (Å²) < 4.78 is 0. The third-order valence-corrected chi connectivity index (χ3v) is 4.07. The Balaban J connectivity index is 2.01. The minimum Gasteiger partial charge on any atom is -0.322 e. The van der Waals surface area contributed by atoms with Crippen molar-refractivity contribution in [3.63, 3.8) is 0 Å². The molecule has 1 heterocycles. The second kappa shape index (κ2) is 5.86. The Hall–Kier alpha value is -1.51. The lowest BCUT2D eigenvalue weighted by molar-refractivity contribution is 0.170. The zero-order valence-corrected chi connectivity index (χ0v) is 13.1.